The van der Waals surface area contributed by atoms with Crippen molar-refractivity contribution in [3.8, 4) is 0 Å². The molecule has 7 heteroatoms. The molecule has 1 aromatic heterocycles. The van der Waals surface area contributed by atoms with Gasteiger partial charge in [0.05, 0.1) is 11.3 Å². The van der Waals surface area contributed by atoms with Crippen molar-refractivity contribution in [2.24, 2.45) is 5.10 Å². The van der Waals surface area contributed by atoms with Crippen LogP contribution >= 0.6 is 0 Å². The van der Waals surface area contributed by atoms with Crippen LogP contribution in [0.2, 0.25) is 0 Å². The standard InChI is InChI=1S/C22H24FN3O3/c1-14-19-17(24-25-21(27)15-8-3-4-9-16(15)23)10-7-11-18(19)29-20(14)22(28)26-12-5-2-6-13-26/h3-4,8-9H,2,5-7,10-13H2,1H3,(H,25,27)/b24-17+. The highest BCUT2D eigenvalue weighted by atomic mass is 19.1. The Bertz CT molecular complexity index is 974. The van der Waals surface area contributed by atoms with Gasteiger partial charge in [-0.3, -0.25) is 9.59 Å². The fraction of sp³-hybridized carbons (Fsp3) is 0.409. The Kier molecular flexibility index (Phi) is 5.47. The van der Waals surface area contributed by atoms with E-state index in [9.17, 15) is 14.0 Å². The van der Waals surface area contributed by atoms with Gasteiger partial charge in [-0.05, 0) is 51.2 Å². The van der Waals surface area contributed by atoms with Gasteiger partial charge in [0.25, 0.3) is 11.8 Å². The molecule has 0 saturated carbocycles. The molecule has 0 radical (unpaired) electrons. The summed E-state index contributed by atoms with van der Waals surface area (Å²) in [6, 6.07) is 5.78. The van der Waals surface area contributed by atoms with Gasteiger partial charge in [0, 0.05) is 30.6 Å². The molecular weight excluding hydrogens is 373 g/mol. The Hall–Kier alpha value is -2.96. The number of hydrazone groups is 1. The summed E-state index contributed by atoms with van der Waals surface area (Å²) in [6.45, 7) is 3.37. The highest BCUT2D eigenvalue weighted by molar-refractivity contribution is 6.07. The molecule has 6 nitrogen and oxygen atoms in total. The number of halogens is 1. The number of likely N-dealkylation sites (tertiary alicyclic amines) is 1. The molecule has 2 aliphatic rings. The lowest BCUT2D eigenvalue weighted by Gasteiger charge is -2.25. The van der Waals surface area contributed by atoms with Gasteiger partial charge >= 0.3 is 0 Å². The fourth-order valence-corrected chi connectivity index (χ4v) is 4.05. The number of carbonyl (C=O) groups excluding carboxylic acids is 2. The largest absolute Gasteiger partial charge is 0.455 e. The summed E-state index contributed by atoms with van der Waals surface area (Å²) in [4.78, 5) is 27.0. The van der Waals surface area contributed by atoms with Crippen molar-refractivity contribution >= 4 is 17.5 Å². The Morgan fingerprint density at radius 3 is 2.62 bits per heavy atom. The van der Waals surface area contributed by atoms with Crippen molar-refractivity contribution < 1.29 is 18.4 Å². The number of nitrogens with zero attached hydrogens (tertiary/aromatic N) is 2. The van der Waals surface area contributed by atoms with Crippen LogP contribution in [0.25, 0.3) is 0 Å². The van der Waals surface area contributed by atoms with Gasteiger partial charge in [-0.1, -0.05) is 12.1 Å². The molecule has 2 heterocycles. The molecule has 1 aliphatic carbocycles. The van der Waals surface area contributed by atoms with Crippen LogP contribution in [0, 0.1) is 12.7 Å². The molecule has 1 saturated heterocycles. The second-order valence-electron chi connectivity index (χ2n) is 7.54. The summed E-state index contributed by atoms with van der Waals surface area (Å²) >= 11 is 0. The Morgan fingerprint density at radius 2 is 1.86 bits per heavy atom. The van der Waals surface area contributed by atoms with Crippen LogP contribution in [0.15, 0.2) is 33.8 Å². The zero-order valence-electron chi connectivity index (χ0n) is 16.5. The maximum Gasteiger partial charge on any atom is 0.289 e. The second-order valence-corrected chi connectivity index (χ2v) is 7.54. The van der Waals surface area contributed by atoms with Crippen molar-refractivity contribution in [3.63, 3.8) is 0 Å². The Morgan fingerprint density at radius 1 is 1.10 bits per heavy atom. The number of furan rings is 1. The van der Waals surface area contributed by atoms with Crippen LogP contribution in [0.5, 0.6) is 0 Å². The van der Waals surface area contributed by atoms with E-state index in [0.717, 1.165) is 62.1 Å². The van der Waals surface area contributed by atoms with E-state index in [1.54, 1.807) is 6.07 Å². The summed E-state index contributed by atoms with van der Waals surface area (Å²) in [5, 5.41) is 4.25. The molecule has 29 heavy (non-hydrogen) atoms. The molecule has 0 unspecified atom stereocenters. The average Bonchev–Trinajstić information content (AvgIpc) is 3.09. The van der Waals surface area contributed by atoms with E-state index >= 15 is 0 Å². The topological polar surface area (TPSA) is 74.9 Å². The zero-order valence-corrected chi connectivity index (χ0v) is 16.5. The number of hydrogen-bond acceptors (Lipinski definition) is 4. The van der Waals surface area contributed by atoms with Gasteiger partial charge in [-0.15, -0.1) is 0 Å². The first-order valence-electron chi connectivity index (χ1n) is 10.1. The number of carbonyl (C=O) groups is 2. The molecule has 2 aromatic rings. The van der Waals surface area contributed by atoms with Crippen LogP contribution in [-0.2, 0) is 6.42 Å². The highest BCUT2D eigenvalue weighted by Gasteiger charge is 2.30. The van der Waals surface area contributed by atoms with Gasteiger partial charge in [0.1, 0.15) is 11.6 Å². The molecule has 1 fully saturated rings. The van der Waals surface area contributed by atoms with Crippen molar-refractivity contribution in [2.45, 2.75) is 45.4 Å². The minimum atomic E-state index is -0.603. The number of nitrogens with one attached hydrogen (secondary N) is 1. The Labute approximate surface area is 168 Å². The molecule has 152 valence electrons. The van der Waals surface area contributed by atoms with E-state index in [1.165, 1.54) is 18.2 Å². The predicted octanol–water partition coefficient (Wildman–Crippen LogP) is 3.82. The van der Waals surface area contributed by atoms with Crippen LogP contribution in [-0.4, -0.2) is 35.5 Å². The number of fused-ring (bicyclic) bond motifs is 1. The molecule has 2 amide bonds. The maximum atomic E-state index is 13.8. The first kappa shape index (κ1) is 19.4. The third-order valence-electron chi connectivity index (χ3n) is 5.57. The summed E-state index contributed by atoms with van der Waals surface area (Å²) in [5.74, 6) is -0.178. The van der Waals surface area contributed by atoms with Crippen molar-refractivity contribution in [1.29, 1.82) is 0 Å². The third kappa shape index (κ3) is 3.81. The summed E-state index contributed by atoms with van der Waals surface area (Å²) < 4.78 is 19.8. The molecule has 0 spiro atoms. The lowest BCUT2D eigenvalue weighted by molar-refractivity contribution is 0.0689. The summed E-state index contributed by atoms with van der Waals surface area (Å²) in [5.41, 5.74) is 4.61. The first-order chi connectivity index (χ1) is 14.1. The average molecular weight is 397 g/mol. The number of rotatable bonds is 3. The number of hydrogen-bond donors (Lipinski definition) is 1. The van der Waals surface area contributed by atoms with Gasteiger partial charge in [-0.2, -0.15) is 5.10 Å². The predicted molar refractivity (Wildman–Crippen MR) is 107 cm³/mol. The normalized spacial score (nSPS) is 17.9. The van der Waals surface area contributed by atoms with E-state index in [2.05, 4.69) is 10.5 Å². The lowest BCUT2D eigenvalue weighted by atomic mass is 9.93. The molecule has 0 atom stereocenters. The van der Waals surface area contributed by atoms with Gasteiger partial charge in [0.2, 0.25) is 0 Å². The van der Waals surface area contributed by atoms with Crippen LogP contribution in [0.4, 0.5) is 4.39 Å². The van der Waals surface area contributed by atoms with E-state index < -0.39 is 11.7 Å². The molecule has 1 aromatic carbocycles. The maximum absolute atomic E-state index is 13.8. The number of benzene rings is 1. The number of amides is 2. The van der Waals surface area contributed by atoms with E-state index in [4.69, 9.17) is 4.42 Å². The van der Waals surface area contributed by atoms with Gasteiger partial charge in [-0.25, -0.2) is 9.82 Å². The minimum absolute atomic E-state index is 0.0576. The van der Waals surface area contributed by atoms with Crippen molar-refractivity contribution in [1.82, 2.24) is 10.3 Å². The van der Waals surface area contributed by atoms with Gasteiger partial charge < -0.3 is 9.32 Å². The van der Waals surface area contributed by atoms with Crippen LogP contribution in [0.1, 0.15) is 69.9 Å². The third-order valence-corrected chi connectivity index (χ3v) is 5.57. The molecular formula is C22H24FN3O3. The van der Waals surface area contributed by atoms with E-state index in [-0.39, 0.29) is 11.5 Å². The van der Waals surface area contributed by atoms with E-state index in [0.29, 0.717) is 17.9 Å². The highest BCUT2D eigenvalue weighted by Crippen LogP contribution is 2.31. The van der Waals surface area contributed by atoms with Crippen molar-refractivity contribution in [2.75, 3.05) is 13.1 Å². The molecule has 0 bridgehead atoms. The number of piperidine rings is 1. The van der Waals surface area contributed by atoms with Crippen LogP contribution < -0.4 is 5.43 Å². The SMILES string of the molecule is Cc1c(C(=O)N2CCCCC2)oc2c1/C(=N/NC(=O)c1ccccc1F)CCC2. The Balaban J connectivity index is 1.58. The molecule has 1 N–H and O–H groups in total. The van der Waals surface area contributed by atoms with E-state index in [1.807, 2.05) is 11.8 Å². The zero-order chi connectivity index (χ0) is 20.4. The van der Waals surface area contributed by atoms with Gasteiger partial charge in [0.15, 0.2) is 5.76 Å². The smallest absolute Gasteiger partial charge is 0.289 e. The lowest BCUT2D eigenvalue weighted by Crippen LogP contribution is -2.35. The summed E-state index contributed by atoms with van der Waals surface area (Å²) in [6.07, 6.45) is 5.37. The fourth-order valence-electron chi connectivity index (χ4n) is 4.05. The summed E-state index contributed by atoms with van der Waals surface area (Å²) in [7, 11) is 0. The first-order valence-corrected chi connectivity index (χ1v) is 10.1. The monoisotopic (exact) mass is 397 g/mol. The quantitative estimate of drug-likeness (QED) is 0.800. The molecule has 4 rings (SSSR count). The number of aryl methyl sites for hydroxylation is 1. The van der Waals surface area contributed by atoms with Crippen molar-refractivity contribution in [3.05, 3.63) is 58.3 Å². The second kappa shape index (κ2) is 8.19. The van der Waals surface area contributed by atoms with Crippen LogP contribution in [0.3, 0.4) is 0 Å². The minimum Gasteiger partial charge on any atom is -0.455 e. The molecule has 1 aliphatic heterocycles.